The first-order valence-electron chi connectivity index (χ1n) is 6.55. The molecule has 0 bridgehead atoms. The van der Waals surface area contributed by atoms with Gasteiger partial charge in [0.05, 0.1) is 15.1 Å². The molecule has 1 N–H and O–H groups in total. The molecule has 0 radical (unpaired) electrons. The van der Waals surface area contributed by atoms with E-state index in [1.165, 1.54) is 5.56 Å². The maximum atomic E-state index is 12.3. The molecule has 0 aliphatic heterocycles. The lowest BCUT2D eigenvalue weighted by atomic mass is 10.1. The lowest BCUT2D eigenvalue weighted by molar-refractivity contribution is 0.0945. The van der Waals surface area contributed by atoms with Crippen LogP contribution in [-0.4, -0.2) is 16.9 Å². The molecular weight excluding hydrogens is 366 g/mol. The van der Waals surface area contributed by atoms with Crippen LogP contribution in [-0.2, 0) is 0 Å². The quantitative estimate of drug-likeness (QED) is 0.768. The predicted octanol–water partition coefficient (Wildman–Crippen LogP) is 4.98. The number of benzene rings is 1. The average molecular weight is 376 g/mol. The Labute approximate surface area is 147 Å². The second-order valence-electron chi connectivity index (χ2n) is 5.03. The summed E-state index contributed by atoms with van der Waals surface area (Å²) in [6.45, 7) is 0. The van der Waals surface area contributed by atoms with Crippen molar-refractivity contribution in [2.24, 2.45) is 0 Å². The highest BCUT2D eigenvalue weighted by Crippen LogP contribution is 2.41. The fraction of sp³-hybridized carbons (Fsp3) is 0.200. The van der Waals surface area contributed by atoms with Crippen molar-refractivity contribution in [1.29, 1.82) is 0 Å². The number of hydrogen-bond donors (Lipinski definition) is 1. The van der Waals surface area contributed by atoms with Gasteiger partial charge in [-0.3, -0.25) is 4.79 Å². The van der Waals surface area contributed by atoms with E-state index in [2.05, 4.69) is 10.3 Å². The van der Waals surface area contributed by atoms with Crippen LogP contribution in [0.3, 0.4) is 0 Å². The molecule has 3 rings (SSSR count). The summed E-state index contributed by atoms with van der Waals surface area (Å²) < 4.78 is 0. The van der Waals surface area contributed by atoms with Crippen molar-refractivity contribution < 1.29 is 4.79 Å². The van der Waals surface area contributed by atoms with Crippen LogP contribution >= 0.6 is 46.4 Å². The van der Waals surface area contributed by atoms with E-state index in [0.29, 0.717) is 5.92 Å². The number of halogens is 4. The van der Waals surface area contributed by atoms with Gasteiger partial charge < -0.3 is 5.32 Å². The highest BCUT2D eigenvalue weighted by molar-refractivity contribution is 6.52. The van der Waals surface area contributed by atoms with Crippen molar-refractivity contribution in [2.75, 3.05) is 0 Å². The monoisotopic (exact) mass is 374 g/mol. The standard InChI is InChI=1S/C15H10Cl4N2O/c16-10-11(17)13(21-14(19)12(10)18)15(22)20-9-6-8(9)7-4-2-1-3-5-7/h1-5,8-9H,6H2,(H,20,22)/t8-,9-/m1/s1. The SMILES string of the molecule is O=C(N[C@@H]1C[C@@H]1c1ccccc1)c1nc(Cl)c(Cl)c(Cl)c1Cl. The van der Waals surface area contributed by atoms with Crippen LogP contribution in [0.25, 0.3) is 0 Å². The van der Waals surface area contributed by atoms with Gasteiger partial charge in [-0.1, -0.05) is 76.7 Å². The van der Waals surface area contributed by atoms with Crippen molar-refractivity contribution in [3.8, 4) is 0 Å². The first-order chi connectivity index (χ1) is 10.5. The van der Waals surface area contributed by atoms with Gasteiger partial charge in [0.2, 0.25) is 0 Å². The number of aromatic nitrogens is 1. The number of carbonyl (C=O) groups is 1. The highest BCUT2D eigenvalue weighted by atomic mass is 35.5. The fourth-order valence-corrected chi connectivity index (χ4v) is 3.11. The lowest BCUT2D eigenvalue weighted by Gasteiger charge is -2.09. The maximum Gasteiger partial charge on any atom is 0.271 e. The highest BCUT2D eigenvalue weighted by Gasteiger charge is 2.40. The van der Waals surface area contributed by atoms with Gasteiger partial charge in [0.15, 0.2) is 0 Å². The average Bonchev–Trinajstić information content (AvgIpc) is 3.28. The Morgan fingerprint density at radius 3 is 2.41 bits per heavy atom. The van der Waals surface area contributed by atoms with Crippen molar-refractivity contribution in [3.63, 3.8) is 0 Å². The van der Waals surface area contributed by atoms with Crippen LogP contribution < -0.4 is 5.32 Å². The van der Waals surface area contributed by atoms with E-state index in [9.17, 15) is 4.79 Å². The summed E-state index contributed by atoms with van der Waals surface area (Å²) in [7, 11) is 0. The third kappa shape index (κ3) is 3.04. The molecule has 2 atom stereocenters. The second kappa shape index (κ2) is 6.25. The van der Waals surface area contributed by atoms with Crippen LogP contribution in [0, 0.1) is 0 Å². The maximum absolute atomic E-state index is 12.3. The zero-order valence-electron chi connectivity index (χ0n) is 11.1. The Balaban J connectivity index is 1.75. The zero-order valence-corrected chi connectivity index (χ0v) is 14.1. The molecule has 1 amide bonds. The molecule has 1 aromatic heterocycles. The topological polar surface area (TPSA) is 42.0 Å². The van der Waals surface area contributed by atoms with Crippen molar-refractivity contribution in [2.45, 2.75) is 18.4 Å². The molecule has 0 spiro atoms. The van der Waals surface area contributed by atoms with E-state index < -0.39 is 5.91 Å². The van der Waals surface area contributed by atoms with E-state index in [4.69, 9.17) is 46.4 Å². The summed E-state index contributed by atoms with van der Waals surface area (Å²) in [4.78, 5) is 16.2. The minimum absolute atomic E-state index is 0.00507. The Morgan fingerprint density at radius 1 is 1.05 bits per heavy atom. The number of carbonyl (C=O) groups excluding carboxylic acids is 1. The molecule has 1 aliphatic carbocycles. The predicted molar refractivity (Wildman–Crippen MR) is 89.3 cm³/mol. The van der Waals surface area contributed by atoms with E-state index in [1.54, 1.807) is 0 Å². The summed E-state index contributed by atoms with van der Waals surface area (Å²) in [5, 5.41) is 2.92. The Hall–Kier alpha value is -1.000. The van der Waals surface area contributed by atoms with Gasteiger partial charge in [-0.05, 0) is 12.0 Å². The fourth-order valence-electron chi connectivity index (χ4n) is 2.30. The van der Waals surface area contributed by atoms with Crippen molar-refractivity contribution in [1.82, 2.24) is 10.3 Å². The third-order valence-electron chi connectivity index (χ3n) is 3.53. The molecule has 114 valence electrons. The molecule has 22 heavy (non-hydrogen) atoms. The zero-order chi connectivity index (χ0) is 15.9. The molecule has 1 aromatic carbocycles. The van der Waals surface area contributed by atoms with Gasteiger partial charge in [-0.25, -0.2) is 4.98 Å². The van der Waals surface area contributed by atoms with E-state index in [0.717, 1.165) is 6.42 Å². The molecule has 1 saturated carbocycles. The molecule has 1 aliphatic rings. The number of rotatable bonds is 3. The summed E-state index contributed by atoms with van der Waals surface area (Å²) >= 11 is 23.6. The van der Waals surface area contributed by atoms with Crippen LogP contribution in [0.15, 0.2) is 30.3 Å². The van der Waals surface area contributed by atoms with Crippen LogP contribution in [0.5, 0.6) is 0 Å². The number of nitrogens with one attached hydrogen (secondary N) is 1. The van der Waals surface area contributed by atoms with Crippen molar-refractivity contribution in [3.05, 3.63) is 61.8 Å². The molecule has 2 aromatic rings. The van der Waals surface area contributed by atoms with Gasteiger partial charge in [0, 0.05) is 12.0 Å². The van der Waals surface area contributed by atoms with E-state index >= 15 is 0 Å². The minimum Gasteiger partial charge on any atom is -0.347 e. The van der Waals surface area contributed by atoms with Gasteiger partial charge in [0.1, 0.15) is 10.8 Å². The van der Waals surface area contributed by atoms with E-state index in [-0.39, 0.29) is 32.0 Å². The van der Waals surface area contributed by atoms with Crippen LogP contribution in [0.1, 0.15) is 28.4 Å². The molecule has 1 heterocycles. The van der Waals surface area contributed by atoms with Crippen LogP contribution in [0.4, 0.5) is 0 Å². The normalized spacial score (nSPS) is 19.8. The molecule has 0 unspecified atom stereocenters. The van der Waals surface area contributed by atoms with Crippen molar-refractivity contribution >= 4 is 52.3 Å². The summed E-state index contributed by atoms with van der Waals surface area (Å²) in [6.07, 6.45) is 0.877. The van der Waals surface area contributed by atoms with Crippen LogP contribution in [0.2, 0.25) is 20.2 Å². The lowest BCUT2D eigenvalue weighted by Crippen LogP contribution is -2.28. The number of hydrogen-bond acceptors (Lipinski definition) is 2. The number of nitrogens with zero attached hydrogens (tertiary/aromatic N) is 1. The minimum atomic E-state index is -0.408. The van der Waals surface area contributed by atoms with Gasteiger partial charge >= 0.3 is 0 Å². The molecule has 0 saturated heterocycles. The third-order valence-corrected chi connectivity index (χ3v) is 5.21. The van der Waals surface area contributed by atoms with Gasteiger partial charge in [0.25, 0.3) is 5.91 Å². The van der Waals surface area contributed by atoms with E-state index in [1.807, 2.05) is 30.3 Å². The Morgan fingerprint density at radius 2 is 1.73 bits per heavy atom. The first-order valence-corrected chi connectivity index (χ1v) is 8.06. The number of pyridine rings is 1. The Kier molecular flexibility index (Phi) is 4.51. The Bertz CT molecular complexity index is 736. The molecule has 1 fully saturated rings. The summed E-state index contributed by atoms with van der Waals surface area (Å²) in [6, 6.07) is 10.0. The van der Waals surface area contributed by atoms with Gasteiger partial charge in [-0.2, -0.15) is 0 Å². The smallest absolute Gasteiger partial charge is 0.271 e. The largest absolute Gasteiger partial charge is 0.347 e. The first kappa shape index (κ1) is 15.9. The molecular formula is C15H10Cl4N2O. The second-order valence-corrected chi connectivity index (χ2v) is 6.52. The van der Waals surface area contributed by atoms with Gasteiger partial charge in [-0.15, -0.1) is 0 Å². The molecule has 7 heteroatoms. The molecule has 3 nitrogen and oxygen atoms in total. The number of amides is 1. The summed E-state index contributed by atoms with van der Waals surface area (Å²) in [5.41, 5.74) is 1.18. The summed E-state index contributed by atoms with van der Waals surface area (Å²) in [5.74, 6) is -0.101.